The van der Waals surface area contributed by atoms with Crippen molar-refractivity contribution >= 4 is 23.2 Å². The third-order valence-electron chi connectivity index (χ3n) is 11.7. The first-order chi connectivity index (χ1) is 30.5. The number of hydrogen-bond donors (Lipinski definition) is 0. The van der Waals surface area contributed by atoms with Gasteiger partial charge < -0.3 is 28.7 Å². The Balaban J connectivity index is 1.05. The van der Waals surface area contributed by atoms with Crippen molar-refractivity contribution in [1.29, 1.82) is 0 Å². The van der Waals surface area contributed by atoms with E-state index < -0.39 is 0 Å². The fourth-order valence-electron chi connectivity index (χ4n) is 7.73. The zero-order chi connectivity index (χ0) is 42.9. The molecule has 0 aromatic heterocycles. The van der Waals surface area contributed by atoms with Crippen LogP contribution in [0, 0.1) is 0 Å². The lowest BCUT2D eigenvalue weighted by atomic mass is 10.0. The van der Waals surface area contributed by atoms with Crippen molar-refractivity contribution in [3.05, 3.63) is 132 Å². The molecule has 326 valence electrons. The highest BCUT2D eigenvalue weighted by Crippen LogP contribution is 2.29. The zero-order valence-electron chi connectivity index (χ0n) is 36.8. The van der Waals surface area contributed by atoms with Crippen LogP contribution in [0.25, 0.3) is 22.3 Å². The largest absolute Gasteiger partial charge is 0.491 e. The van der Waals surface area contributed by atoms with Crippen molar-refractivity contribution in [2.24, 2.45) is 0 Å². The van der Waals surface area contributed by atoms with E-state index in [4.69, 9.17) is 18.9 Å². The predicted octanol–water partition coefficient (Wildman–Crippen LogP) is 12.6. The number of nitrogens with zero attached hydrogens (tertiary/aromatic N) is 2. The van der Waals surface area contributed by atoms with E-state index in [2.05, 4.69) is 13.8 Å². The molecule has 62 heavy (non-hydrogen) atoms. The molecule has 2 saturated heterocycles. The summed E-state index contributed by atoms with van der Waals surface area (Å²) in [5.41, 5.74) is 7.14. The standard InChI is InChI=1S/C54H64N2O6/c1-3-5-7-9-11-13-35-55(53(57)45-19-15-41(16-20-45)43-23-31-49(32-24-43)59-37-51-39-61-51)47-27-29-48(30-28-47)56(36-14-12-10-8-6-4-2)54(58)46-21-17-42(18-22-46)44-25-33-50(34-26-44)60-38-52-40-62-52/h15-34,51-52H,3-14,35-40H2,1-2H3. The molecule has 0 radical (unpaired) electrons. The van der Waals surface area contributed by atoms with Gasteiger partial charge in [-0.2, -0.15) is 0 Å². The molecule has 7 rings (SSSR count). The van der Waals surface area contributed by atoms with E-state index in [-0.39, 0.29) is 24.0 Å². The second kappa shape index (κ2) is 23.1. The van der Waals surface area contributed by atoms with Crippen molar-refractivity contribution < 1.29 is 28.5 Å². The molecule has 0 bridgehead atoms. The minimum Gasteiger partial charge on any atom is -0.491 e. The van der Waals surface area contributed by atoms with Gasteiger partial charge in [-0.05, 0) is 108 Å². The smallest absolute Gasteiger partial charge is 0.258 e. The van der Waals surface area contributed by atoms with Gasteiger partial charge >= 0.3 is 0 Å². The van der Waals surface area contributed by atoms with Crippen LogP contribution in [0.5, 0.6) is 11.5 Å². The molecule has 5 aromatic rings. The van der Waals surface area contributed by atoms with Crippen LogP contribution in [-0.4, -0.2) is 63.5 Å². The number of carbonyl (C=O) groups is 2. The number of rotatable bonds is 26. The lowest BCUT2D eigenvalue weighted by molar-refractivity contribution is 0.0978. The van der Waals surface area contributed by atoms with E-state index in [1.807, 2.05) is 131 Å². The van der Waals surface area contributed by atoms with Crippen molar-refractivity contribution in [2.75, 3.05) is 49.3 Å². The monoisotopic (exact) mass is 836 g/mol. The second-order valence-electron chi connectivity index (χ2n) is 16.7. The van der Waals surface area contributed by atoms with E-state index in [1.165, 1.54) is 38.5 Å². The molecule has 0 aliphatic carbocycles. The molecule has 0 N–H and O–H groups in total. The van der Waals surface area contributed by atoms with Crippen LogP contribution in [0.3, 0.4) is 0 Å². The summed E-state index contributed by atoms with van der Waals surface area (Å²) in [6.07, 6.45) is 14.0. The number of ether oxygens (including phenoxy) is 4. The average molecular weight is 837 g/mol. The first-order valence-corrected chi connectivity index (χ1v) is 23.1. The molecule has 0 spiro atoms. The summed E-state index contributed by atoms with van der Waals surface area (Å²) < 4.78 is 22.1. The Kier molecular flexibility index (Phi) is 16.6. The third kappa shape index (κ3) is 13.3. The number of unbranched alkanes of at least 4 members (excludes halogenated alkanes) is 10. The quantitative estimate of drug-likeness (QED) is 0.0407. The first kappa shape index (κ1) is 44.6. The van der Waals surface area contributed by atoms with Crippen LogP contribution >= 0.6 is 0 Å². The Hall–Kier alpha value is -5.44. The predicted molar refractivity (Wildman–Crippen MR) is 251 cm³/mol. The number of epoxide rings is 2. The number of benzene rings is 5. The lowest BCUT2D eigenvalue weighted by Crippen LogP contribution is -2.33. The third-order valence-corrected chi connectivity index (χ3v) is 11.7. The van der Waals surface area contributed by atoms with Gasteiger partial charge in [0, 0.05) is 35.6 Å². The maximum atomic E-state index is 14.3. The van der Waals surface area contributed by atoms with Gasteiger partial charge in [0.25, 0.3) is 11.8 Å². The summed E-state index contributed by atoms with van der Waals surface area (Å²) in [7, 11) is 0. The minimum absolute atomic E-state index is 0.0287. The van der Waals surface area contributed by atoms with E-state index in [9.17, 15) is 9.59 Å². The fourth-order valence-corrected chi connectivity index (χ4v) is 7.73. The summed E-state index contributed by atoms with van der Waals surface area (Å²) in [5.74, 6) is 1.58. The summed E-state index contributed by atoms with van der Waals surface area (Å²) >= 11 is 0. The maximum absolute atomic E-state index is 14.3. The van der Waals surface area contributed by atoms with Crippen LogP contribution in [-0.2, 0) is 9.47 Å². The van der Waals surface area contributed by atoms with Gasteiger partial charge in [0.2, 0.25) is 0 Å². The van der Waals surface area contributed by atoms with Crippen molar-refractivity contribution in [3.8, 4) is 33.8 Å². The highest BCUT2D eigenvalue weighted by molar-refractivity contribution is 6.08. The number of amides is 2. The van der Waals surface area contributed by atoms with Crippen LogP contribution in [0.4, 0.5) is 11.4 Å². The Morgan fingerprint density at radius 2 is 0.758 bits per heavy atom. The van der Waals surface area contributed by atoms with Gasteiger partial charge in [-0.3, -0.25) is 9.59 Å². The van der Waals surface area contributed by atoms with Gasteiger partial charge in [-0.1, -0.05) is 127 Å². The maximum Gasteiger partial charge on any atom is 0.258 e. The van der Waals surface area contributed by atoms with Crippen molar-refractivity contribution in [1.82, 2.24) is 0 Å². The Labute approximate surface area is 369 Å². The topological polar surface area (TPSA) is 84.1 Å². The SMILES string of the molecule is CCCCCCCCN(C(=O)c1ccc(-c2ccc(OCC3CO3)cc2)cc1)c1ccc(N(CCCCCCCC)C(=O)c2ccc(-c3ccc(OCC4CO4)cc3)cc2)cc1. The number of hydrogen-bond acceptors (Lipinski definition) is 6. The minimum atomic E-state index is -0.0287. The molecular weight excluding hydrogens is 773 g/mol. The fraction of sp³-hybridized carbons (Fsp3) is 0.407. The number of carbonyl (C=O) groups excluding carboxylic acids is 2. The Bertz CT molecular complexity index is 1960. The molecule has 2 amide bonds. The van der Waals surface area contributed by atoms with E-state index >= 15 is 0 Å². The molecule has 0 saturated carbocycles. The molecule has 8 heteroatoms. The zero-order valence-corrected chi connectivity index (χ0v) is 36.8. The molecular formula is C54H64N2O6. The molecule has 2 fully saturated rings. The van der Waals surface area contributed by atoms with E-state index in [0.717, 1.165) is 96.9 Å². The van der Waals surface area contributed by atoms with Crippen LogP contribution in [0.2, 0.25) is 0 Å². The highest BCUT2D eigenvalue weighted by atomic mass is 16.6. The summed E-state index contributed by atoms with van der Waals surface area (Å²) in [6, 6.07) is 39.9. The van der Waals surface area contributed by atoms with Gasteiger partial charge in [-0.25, -0.2) is 0 Å². The summed E-state index contributed by atoms with van der Waals surface area (Å²) in [4.78, 5) is 32.5. The first-order valence-electron chi connectivity index (χ1n) is 23.1. The molecule has 2 heterocycles. The number of anilines is 2. The molecule has 8 nitrogen and oxygen atoms in total. The molecule has 2 unspecified atom stereocenters. The van der Waals surface area contributed by atoms with Crippen LogP contribution in [0.15, 0.2) is 121 Å². The van der Waals surface area contributed by atoms with Gasteiger partial charge in [-0.15, -0.1) is 0 Å². The molecule has 2 atom stereocenters. The van der Waals surface area contributed by atoms with Crippen molar-refractivity contribution in [2.45, 2.75) is 103 Å². The van der Waals surface area contributed by atoms with E-state index in [0.29, 0.717) is 37.4 Å². The summed E-state index contributed by atoms with van der Waals surface area (Å²) in [6.45, 7) is 8.39. The highest BCUT2D eigenvalue weighted by Gasteiger charge is 2.24. The lowest BCUT2D eigenvalue weighted by Gasteiger charge is -2.26. The summed E-state index contributed by atoms with van der Waals surface area (Å²) in [5, 5.41) is 0. The average Bonchev–Trinajstić information content (AvgIpc) is 4.27. The van der Waals surface area contributed by atoms with Crippen LogP contribution < -0.4 is 19.3 Å². The molecule has 5 aromatic carbocycles. The molecule has 2 aliphatic rings. The van der Waals surface area contributed by atoms with Crippen LogP contribution in [0.1, 0.15) is 112 Å². The van der Waals surface area contributed by atoms with Crippen molar-refractivity contribution in [3.63, 3.8) is 0 Å². The Morgan fingerprint density at radius 1 is 0.452 bits per heavy atom. The van der Waals surface area contributed by atoms with Gasteiger partial charge in [0.15, 0.2) is 0 Å². The molecule has 2 aliphatic heterocycles. The second-order valence-corrected chi connectivity index (χ2v) is 16.7. The van der Waals surface area contributed by atoms with E-state index in [1.54, 1.807) is 0 Å². The normalized spacial score (nSPS) is 15.2. The van der Waals surface area contributed by atoms with Gasteiger partial charge in [0.05, 0.1) is 13.2 Å². The van der Waals surface area contributed by atoms with Gasteiger partial charge in [0.1, 0.15) is 36.9 Å². The Morgan fingerprint density at radius 3 is 1.08 bits per heavy atom.